The lowest BCUT2D eigenvalue weighted by molar-refractivity contribution is 0.143. The molecule has 6 heteroatoms. The first kappa shape index (κ1) is 21.7. The topological polar surface area (TPSA) is 72.5 Å². The van der Waals surface area contributed by atoms with Crippen LogP contribution in [0.1, 0.15) is 29.0 Å². The number of amides is 1. The van der Waals surface area contributed by atoms with Gasteiger partial charge in [0.15, 0.2) is 9.84 Å². The van der Waals surface area contributed by atoms with Crippen LogP contribution in [0.5, 0.6) is 0 Å². The molecule has 0 heterocycles. The average Bonchev–Trinajstić information content (AvgIpc) is 3.11. The molecule has 5 nitrogen and oxygen atoms in total. The van der Waals surface area contributed by atoms with Crippen LogP contribution < -0.4 is 5.32 Å². The zero-order valence-electron chi connectivity index (χ0n) is 17.7. The maximum Gasteiger partial charge on any atom is 0.407 e. The number of hydrogen-bond acceptors (Lipinski definition) is 4. The van der Waals surface area contributed by atoms with E-state index in [0.29, 0.717) is 18.5 Å². The van der Waals surface area contributed by atoms with Crippen molar-refractivity contribution in [2.75, 3.05) is 19.4 Å². The van der Waals surface area contributed by atoms with Crippen LogP contribution >= 0.6 is 0 Å². The van der Waals surface area contributed by atoms with Gasteiger partial charge in [0.2, 0.25) is 0 Å². The number of nitrogens with one attached hydrogen (secondary N) is 1. The van der Waals surface area contributed by atoms with Crippen molar-refractivity contribution in [3.8, 4) is 23.0 Å². The van der Waals surface area contributed by atoms with E-state index < -0.39 is 15.9 Å². The Morgan fingerprint density at radius 2 is 1.62 bits per heavy atom. The second kappa shape index (κ2) is 9.29. The predicted octanol–water partition coefficient (Wildman–Crippen LogP) is 4.37. The number of alkyl carbamates (subject to hydrolysis) is 1. The van der Waals surface area contributed by atoms with Crippen LogP contribution in [0.3, 0.4) is 0 Å². The largest absolute Gasteiger partial charge is 0.449 e. The van der Waals surface area contributed by atoms with Gasteiger partial charge < -0.3 is 10.1 Å². The first-order chi connectivity index (χ1) is 15.4. The number of ether oxygens (including phenoxy) is 1. The summed E-state index contributed by atoms with van der Waals surface area (Å²) >= 11 is 0. The molecule has 0 aromatic heterocycles. The fourth-order valence-electron chi connectivity index (χ4n) is 3.85. The van der Waals surface area contributed by atoms with E-state index in [4.69, 9.17) is 4.74 Å². The Morgan fingerprint density at radius 3 is 2.28 bits per heavy atom. The summed E-state index contributed by atoms with van der Waals surface area (Å²) in [5, 5.41) is 2.72. The van der Waals surface area contributed by atoms with Gasteiger partial charge in [-0.15, -0.1) is 0 Å². The predicted molar refractivity (Wildman–Crippen MR) is 124 cm³/mol. The lowest BCUT2D eigenvalue weighted by Gasteiger charge is -2.14. The summed E-state index contributed by atoms with van der Waals surface area (Å²) in [5.41, 5.74) is 5.33. The molecule has 1 aliphatic carbocycles. The molecule has 4 rings (SSSR count). The van der Waals surface area contributed by atoms with Crippen LogP contribution in [0.25, 0.3) is 11.1 Å². The third kappa shape index (κ3) is 4.84. The molecule has 0 atom stereocenters. The number of rotatable bonds is 5. The van der Waals surface area contributed by atoms with Crippen LogP contribution in [0.4, 0.5) is 4.79 Å². The highest BCUT2D eigenvalue weighted by Crippen LogP contribution is 2.44. The summed E-state index contributed by atoms with van der Waals surface area (Å²) in [6, 6.07) is 22.9. The molecule has 1 N–H and O–H groups in total. The molecule has 3 aromatic carbocycles. The Labute approximate surface area is 188 Å². The van der Waals surface area contributed by atoms with Crippen molar-refractivity contribution in [1.82, 2.24) is 5.32 Å². The summed E-state index contributed by atoms with van der Waals surface area (Å²) in [7, 11) is -3.26. The van der Waals surface area contributed by atoms with Crippen molar-refractivity contribution < 1.29 is 17.9 Å². The second-order valence-corrected chi connectivity index (χ2v) is 9.62. The zero-order chi connectivity index (χ0) is 22.6. The molecule has 3 aromatic rings. The van der Waals surface area contributed by atoms with E-state index in [1.165, 1.54) is 22.3 Å². The molecule has 0 spiro atoms. The van der Waals surface area contributed by atoms with Gasteiger partial charge in [0.1, 0.15) is 6.61 Å². The highest BCUT2D eigenvalue weighted by molar-refractivity contribution is 7.90. The Bertz CT molecular complexity index is 1270. The summed E-state index contributed by atoms with van der Waals surface area (Å²) in [5.74, 6) is 5.89. The number of fused-ring (bicyclic) bond motifs is 3. The van der Waals surface area contributed by atoms with E-state index in [2.05, 4.69) is 41.4 Å². The second-order valence-electron chi connectivity index (χ2n) is 7.60. The molecule has 0 unspecified atom stereocenters. The minimum atomic E-state index is -3.26. The first-order valence-electron chi connectivity index (χ1n) is 10.3. The molecule has 162 valence electrons. The van der Waals surface area contributed by atoms with Crippen LogP contribution in [-0.2, 0) is 14.6 Å². The number of hydrogen-bond donors (Lipinski definition) is 1. The molecule has 0 bridgehead atoms. The number of benzene rings is 3. The Morgan fingerprint density at radius 1 is 0.969 bits per heavy atom. The number of sulfone groups is 1. The molecular weight excluding hydrogens is 422 g/mol. The quantitative estimate of drug-likeness (QED) is 0.468. The first-order valence-corrected chi connectivity index (χ1v) is 12.2. The average molecular weight is 446 g/mol. The lowest BCUT2D eigenvalue weighted by Crippen LogP contribution is -2.26. The maximum absolute atomic E-state index is 12.2. The summed E-state index contributed by atoms with van der Waals surface area (Å²) in [6.45, 7) is 0.610. The maximum atomic E-state index is 12.2. The van der Waals surface area contributed by atoms with Gasteiger partial charge in [0.05, 0.1) is 4.90 Å². The van der Waals surface area contributed by atoms with Crippen LogP contribution in [0.15, 0.2) is 77.7 Å². The number of carbonyl (C=O) groups excluding carboxylic acids is 1. The summed E-state index contributed by atoms with van der Waals surface area (Å²) in [6.07, 6.45) is 1.11. The molecule has 32 heavy (non-hydrogen) atoms. The third-order valence-corrected chi connectivity index (χ3v) is 6.47. The van der Waals surface area contributed by atoms with Gasteiger partial charge in [-0.3, -0.25) is 0 Å². The standard InChI is InChI=1S/C26H23NO4S/c1-32(29,30)20-11-8-10-19(17-20)9-6-7-16-27-26(28)31-18-25-23-14-4-2-12-21(23)22-13-3-5-15-24(22)25/h2-5,8,10-15,17,25H,7,16,18H2,1H3,(H,27,28). The molecule has 0 saturated carbocycles. The smallest absolute Gasteiger partial charge is 0.407 e. The molecule has 0 radical (unpaired) electrons. The highest BCUT2D eigenvalue weighted by atomic mass is 32.2. The van der Waals surface area contributed by atoms with Crippen molar-refractivity contribution >= 4 is 15.9 Å². The van der Waals surface area contributed by atoms with E-state index >= 15 is 0 Å². The fourth-order valence-corrected chi connectivity index (χ4v) is 4.51. The molecule has 0 aliphatic heterocycles. The van der Waals surface area contributed by atoms with Crippen LogP contribution in [-0.4, -0.2) is 33.9 Å². The molecule has 1 amide bonds. The van der Waals surface area contributed by atoms with Crippen molar-refractivity contribution in [3.63, 3.8) is 0 Å². The third-order valence-electron chi connectivity index (χ3n) is 5.36. The van der Waals surface area contributed by atoms with Crippen LogP contribution in [0.2, 0.25) is 0 Å². The Hall–Kier alpha value is -3.56. The summed E-state index contributed by atoms with van der Waals surface area (Å²) < 4.78 is 28.7. The van der Waals surface area contributed by atoms with Crippen molar-refractivity contribution in [2.24, 2.45) is 0 Å². The van der Waals surface area contributed by atoms with E-state index in [1.807, 2.05) is 24.3 Å². The van der Waals surface area contributed by atoms with Crippen molar-refractivity contribution in [1.29, 1.82) is 0 Å². The Balaban J connectivity index is 1.29. The highest BCUT2D eigenvalue weighted by Gasteiger charge is 2.28. The molecular formula is C26H23NO4S. The number of carbonyl (C=O) groups is 1. The van der Waals surface area contributed by atoms with Crippen molar-refractivity contribution in [2.45, 2.75) is 17.2 Å². The van der Waals surface area contributed by atoms with Gasteiger partial charge in [-0.2, -0.15) is 0 Å². The van der Waals surface area contributed by atoms with E-state index in [-0.39, 0.29) is 17.4 Å². The molecule has 0 saturated heterocycles. The fraction of sp³-hybridized carbons (Fsp3) is 0.192. The summed E-state index contributed by atoms with van der Waals surface area (Å²) in [4.78, 5) is 12.4. The normalized spacial score (nSPS) is 12.3. The monoisotopic (exact) mass is 445 g/mol. The van der Waals surface area contributed by atoms with Gasteiger partial charge in [-0.1, -0.05) is 66.4 Å². The van der Waals surface area contributed by atoms with Crippen molar-refractivity contribution in [3.05, 3.63) is 89.5 Å². The van der Waals surface area contributed by atoms with Gasteiger partial charge in [0, 0.05) is 30.7 Å². The molecule has 0 fully saturated rings. The van der Waals surface area contributed by atoms with Gasteiger partial charge in [-0.05, 0) is 40.5 Å². The van der Waals surface area contributed by atoms with Gasteiger partial charge in [-0.25, -0.2) is 13.2 Å². The molecule has 1 aliphatic rings. The minimum absolute atomic E-state index is 0.0232. The van der Waals surface area contributed by atoms with E-state index in [9.17, 15) is 13.2 Å². The lowest BCUT2D eigenvalue weighted by atomic mass is 9.98. The van der Waals surface area contributed by atoms with E-state index in [1.54, 1.807) is 24.3 Å². The van der Waals surface area contributed by atoms with E-state index in [0.717, 1.165) is 6.26 Å². The van der Waals surface area contributed by atoms with Gasteiger partial charge >= 0.3 is 6.09 Å². The van der Waals surface area contributed by atoms with Gasteiger partial charge in [0.25, 0.3) is 0 Å². The zero-order valence-corrected chi connectivity index (χ0v) is 18.5. The van der Waals surface area contributed by atoms with Crippen LogP contribution in [0, 0.1) is 11.8 Å². The SMILES string of the molecule is CS(=O)(=O)c1cccc(C#CCCNC(=O)OCC2c3ccccc3-c3ccccc32)c1. The minimum Gasteiger partial charge on any atom is -0.449 e. The Kier molecular flexibility index (Phi) is 6.29.